The van der Waals surface area contributed by atoms with E-state index >= 15 is 0 Å². The van der Waals surface area contributed by atoms with Gasteiger partial charge in [-0.1, -0.05) is 32.3 Å². The van der Waals surface area contributed by atoms with Gasteiger partial charge in [0.15, 0.2) is 0 Å². The second-order valence-electron chi connectivity index (χ2n) is 5.55. The molecule has 1 fully saturated rings. The number of nitrogens with two attached hydrogens (primary N) is 1. The van der Waals surface area contributed by atoms with Gasteiger partial charge in [-0.3, -0.25) is 0 Å². The highest BCUT2D eigenvalue weighted by atomic mass is 19.1. The fraction of sp³-hybridized carbons (Fsp3) is 0.625. The molecule has 2 unspecified atom stereocenters. The molecule has 2 nitrogen and oxygen atoms in total. The van der Waals surface area contributed by atoms with Gasteiger partial charge < -0.3 is 10.5 Å². The highest BCUT2D eigenvalue weighted by Gasteiger charge is 2.21. The van der Waals surface area contributed by atoms with E-state index in [9.17, 15) is 4.39 Å². The highest BCUT2D eigenvalue weighted by Crippen LogP contribution is 2.29. The summed E-state index contributed by atoms with van der Waals surface area (Å²) in [6.45, 7) is 3.10. The number of ether oxygens (including phenoxy) is 1. The van der Waals surface area contributed by atoms with Crippen molar-refractivity contribution in [3.8, 4) is 0 Å². The molecule has 0 saturated heterocycles. The van der Waals surface area contributed by atoms with Crippen LogP contribution in [0.25, 0.3) is 0 Å². The summed E-state index contributed by atoms with van der Waals surface area (Å²) in [5, 5.41) is 0. The van der Waals surface area contributed by atoms with Crippen molar-refractivity contribution in [2.45, 2.75) is 58.3 Å². The molecule has 19 heavy (non-hydrogen) atoms. The number of halogens is 1. The van der Waals surface area contributed by atoms with Gasteiger partial charge in [0, 0.05) is 6.54 Å². The maximum atomic E-state index is 13.4. The SMILES string of the molecule is CCC1CCCC(OCc2cc(F)cc(CN)c2)C1. The molecule has 2 N–H and O–H groups in total. The van der Waals surface area contributed by atoms with E-state index in [4.69, 9.17) is 10.5 Å². The average molecular weight is 265 g/mol. The fourth-order valence-corrected chi connectivity index (χ4v) is 2.90. The summed E-state index contributed by atoms with van der Waals surface area (Å²) in [4.78, 5) is 0. The standard InChI is InChI=1S/C16H24FNO/c1-2-12-4-3-5-16(9-12)19-11-14-6-13(10-18)7-15(17)8-14/h6-8,12,16H,2-5,9-11,18H2,1H3. The Kier molecular flexibility index (Phi) is 5.34. The van der Waals surface area contributed by atoms with Crippen molar-refractivity contribution in [2.75, 3.05) is 0 Å². The third-order valence-electron chi connectivity index (χ3n) is 4.05. The minimum absolute atomic E-state index is 0.225. The van der Waals surface area contributed by atoms with Crippen LogP contribution in [0.15, 0.2) is 18.2 Å². The summed E-state index contributed by atoms with van der Waals surface area (Å²) in [6.07, 6.45) is 6.43. The third kappa shape index (κ3) is 4.29. The predicted molar refractivity (Wildman–Crippen MR) is 75.1 cm³/mol. The molecule has 0 radical (unpaired) electrons. The van der Waals surface area contributed by atoms with Crippen LogP contribution in [0, 0.1) is 11.7 Å². The lowest BCUT2D eigenvalue weighted by Gasteiger charge is -2.28. The smallest absolute Gasteiger partial charge is 0.123 e. The van der Waals surface area contributed by atoms with Crippen molar-refractivity contribution in [1.29, 1.82) is 0 Å². The molecule has 1 aromatic rings. The van der Waals surface area contributed by atoms with Gasteiger partial charge in [0.05, 0.1) is 12.7 Å². The molecule has 2 atom stereocenters. The Morgan fingerprint density at radius 3 is 2.79 bits per heavy atom. The van der Waals surface area contributed by atoms with E-state index in [1.807, 2.05) is 6.07 Å². The lowest BCUT2D eigenvalue weighted by Crippen LogP contribution is -2.22. The van der Waals surface area contributed by atoms with Gasteiger partial charge in [-0.15, -0.1) is 0 Å². The average Bonchev–Trinajstić information content (AvgIpc) is 2.44. The van der Waals surface area contributed by atoms with Gasteiger partial charge in [0.25, 0.3) is 0 Å². The minimum atomic E-state index is -0.225. The first-order chi connectivity index (χ1) is 9.21. The van der Waals surface area contributed by atoms with Gasteiger partial charge >= 0.3 is 0 Å². The second kappa shape index (κ2) is 7.01. The van der Waals surface area contributed by atoms with Crippen LogP contribution in [-0.2, 0) is 17.9 Å². The van der Waals surface area contributed by atoms with Gasteiger partial charge in [-0.25, -0.2) is 4.39 Å². The Labute approximate surface area is 115 Å². The summed E-state index contributed by atoms with van der Waals surface area (Å²) < 4.78 is 19.3. The molecule has 0 aliphatic heterocycles. The molecule has 0 heterocycles. The van der Waals surface area contributed by atoms with Crippen LogP contribution in [0.1, 0.15) is 50.2 Å². The molecule has 2 rings (SSSR count). The topological polar surface area (TPSA) is 35.2 Å². The highest BCUT2D eigenvalue weighted by molar-refractivity contribution is 5.24. The largest absolute Gasteiger partial charge is 0.374 e. The van der Waals surface area contributed by atoms with Crippen molar-refractivity contribution in [3.05, 3.63) is 35.1 Å². The molecule has 0 amide bonds. The third-order valence-corrected chi connectivity index (χ3v) is 4.05. The zero-order valence-electron chi connectivity index (χ0n) is 11.7. The van der Waals surface area contributed by atoms with Crippen LogP contribution in [-0.4, -0.2) is 6.10 Å². The van der Waals surface area contributed by atoms with E-state index in [0.717, 1.165) is 29.9 Å². The van der Waals surface area contributed by atoms with Crippen molar-refractivity contribution < 1.29 is 9.13 Å². The zero-order chi connectivity index (χ0) is 13.7. The van der Waals surface area contributed by atoms with Gasteiger partial charge in [-0.2, -0.15) is 0 Å². The Balaban J connectivity index is 1.89. The Hall–Kier alpha value is -0.930. The zero-order valence-corrected chi connectivity index (χ0v) is 11.7. The molecule has 106 valence electrons. The summed E-state index contributed by atoms with van der Waals surface area (Å²) in [6, 6.07) is 4.96. The summed E-state index contributed by atoms with van der Waals surface area (Å²) in [5.74, 6) is 0.572. The molecular formula is C16H24FNO. The van der Waals surface area contributed by atoms with Crippen molar-refractivity contribution in [1.82, 2.24) is 0 Å². The Morgan fingerprint density at radius 2 is 2.05 bits per heavy atom. The van der Waals surface area contributed by atoms with Crippen LogP contribution in [0.5, 0.6) is 0 Å². The second-order valence-corrected chi connectivity index (χ2v) is 5.55. The first-order valence-electron chi connectivity index (χ1n) is 7.31. The number of hydrogen-bond donors (Lipinski definition) is 1. The first-order valence-corrected chi connectivity index (χ1v) is 7.31. The maximum absolute atomic E-state index is 13.4. The molecule has 0 bridgehead atoms. The maximum Gasteiger partial charge on any atom is 0.123 e. The molecule has 0 aromatic heterocycles. The Morgan fingerprint density at radius 1 is 1.26 bits per heavy atom. The monoisotopic (exact) mass is 265 g/mol. The van der Waals surface area contributed by atoms with Gasteiger partial charge in [0.2, 0.25) is 0 Å². The van der Waals surface area contributed by atoms with Crippen LogP contribution < -0.4 is 5.73 Å². The first kappa shape index (κ1) is 14.5. The van der Waals surface area contributed by atoms with Crippen molar-refractivity contribution >= 4 is 0 Å². The van der Waals surface area contributed by atoms with Gasteiger partial charge in [0.1, 0.15) is 5.82 Å². The molecule has 1 aromatic carbocycles. The number of benzene rings is 1. The summed E-state index contributed by atoms with van der Waals surface area (Å²) in [7, 11) is 0. The van der Waals surface area contributed by atoms with E-state index in [2.05, 4.69) is 6.92 Å². The Bertz CT molecular complexity index is 408. The van der Waals surface area contributed by atoms with E-state index in [1.165, 1.54) is 25.3 Å². The molecule has 1 aliphatic carbocycles. The van der Waals surface area contributed by atoms with Gasteiger partial charge in [-0.05, 0) is 42.0 Å². The van der Waals surface area contributed by atoms with E-state index in [-0.39, 0.29) is 5.82 Å². The van der Waals surface area contributed by atoms with E-state index in [0.29, 0.717) is 19.3 Å². The summed E-state index contributed by atoms with van der Waals surface area (Å²) in [5.41, 5.74) is 7.27. The fourth-order valence-electron chi connectivity index (χ4n) is 2.90. The van der Waals surface area contributed by atoms with Crippen LogP contribution >= 0.6 is 0 Å². The molecule has 3 heteroatoms. The van der Waals surface area contributed by atoms with Crippen LogP contribution in [0.4, 0.5) is 4.39 Å². The summed E-state index contributed by atoms with van der Waals surface area (Å²) >= 11 is 0. The quantitative estimate of drug-likeness (QED) is 0.879. The predicted octanol–water partition coefficient (Wildman–Crippen LogP) is 3.77. The van der Waals surface area contributed by atoms with Crippen LogP contribution in [0.2, 0.25) is 0 Å². The van der Waals surface area contributed by atoms with E-state index < -0.39 is 0 Å². The van der Waals surface area contributed by atoms with Crippen molar-refractivity contribution in [3.63, 3.8) is 0 Å². The van der Waals surface area contributed by atoms with Crippen molar-refractivity contribution in [2.24, 2.45) is 11.7 Å². The number of hydrogen-bond acceptors (Lipinski definition) is 2. The molecule has 1 saturated carbocycles. The lowest BCUT2D eigenvalue weighted by molar-refractivity contribution is 0.00165. The molecular weight excluding hydrogens is 241 g/mol. The normalized spacial score (nSPS) is 23.5. The molecule has 0 spiro atoms. The lowest BCUT2D eigenvalue weighted by atomic mass is 9.85. The number of rotatable bonds is 5. The minimum Gasteiger partial charge on any atom is -0.374 e. The van der Waals surface area contributed by atoms with E-state index in [1.54, 1.807) is 6.07 Å². The van der Waals surface area contributed by atoms with Crippen LogP contribution in [0.3, 0.4) is 0 Å². The molecule has 1 aliphatic rings.